The van der Waals surface area contributed by atoms with Gasteiger partial charge < -0.3 is 8.98 Å². The molecule has 3 heterocycles. The molecule has 1 aliphatic carbocycles. The molecule has 1 aliphatic rings. The third-order valence-corrected chi connectivity index (χ3v) is 12.5. The van der Waals surface area contributed by atoms with E-state index in [1.165, 1.54) is 45.8 Å². The summed E-state index contributed by atoms with van der Waals surface area (Å²) in [5.41, 5.74) is 13.5. The van der Waals surface area contributed by atoms with Crippen molar-refractivity contribution in [3.05, 3.63) is 169 Å². The Balaban J connectivity index is 1.02. The molecule has 0 saturated heterocycles. The van der Waals surface area contributed by atoms with E-state index in [-0.39, 0.29) is 10.8 Å². The summed E-state index contributed by atoms with van der Waals surface area (Å²) in [6.45, 7) is 9.61. The van der Waals surface area contributed by atoms with Gasteiger partial charge in [0.25, 0.3) is 0 Å². The monoisotopic (exact) mass is 750 g/mol. The minimum Gasteiger partial charge on any atom is -0.456 e. The second-order valence-corrected chi connectivity index (χ2v) is 17.1. The molecule has 0 amide bonds. The van der Waals surface area contributed by atoms with Crippen LogP contribution in [0.15, 0.2) is 162 Å². The van der Waals surface area contributed by atoms with Crippen molar-refractivity contribution in [1.82, 2.24) is 19.5 Å². The Hall–Kier alpha value is -6.85. The fourth-order valence-corrected chi connectivity index (χ4v) is 9.16. The topological polar surface area (TPSA) is 56.7 Å². The van der Waals surface area contributed by atoms with Crippen LogP contribution in [0.1, 0.15) is 51.7 Å². The van der Waals surface area contributed by atoms with Crippen LogP contribution in [0, 0.1) is 0 Å². The van der Waals surface area contributed by atoms with Crippen molar-refractivity contribution in [1.29, 1.82) is 0 Å². The zero-order valence-electron chi connectivity index (χ0n) is 33.1. The lowest BCUT2D eigenvalue weighted by atomic mass is 9.63. The largest absolute Gasteiger partial charge is 0.456 e. The summed E-state index contributed by atoms with van der Waals surface area (Å²) in [5, 5.41) is 4.79. The highest BCUT2D eigenvalue weighted by molar-refractivity contribution is 6.10. The van der Waals surface area contributed by atoms with Crippen LogP contribution in [0.2, 0.25) is 0 Å². The van der Waals surface area contributed by atoms with Crippen molar-refractivity contribution >= 4 is 43.7 Å². The van der Waals surface area contributed by atoms with Gasteiger partial charge in [-0.05, 0) is 113 Å². The highest BCUT2D eigenvalue weighted by atomic mass is 16.3. The first kappa shape index (κ1) is 34.4. The maximum Gasteiger partial charge on any atom is 0.164 e. The van der Waals surface area contributed by atoms with Gasteiger partial charge in [0, 0.05) is 43.9 Å². The molecule has 3 aromatic heterocycles. The molecule has 5 nitrogen and oxygen atoms in total. The lowest BCUT2D eigenvalue weighted by Gasteiger charge is -2.42. The summed E-state index contributed by atoms with van der Waals surface area (Å²) in [4.78, 5) is 15.3. The lowest BCUT2D eigenvalue weighted by molar-refractivity contribution is 0.332. The molecule has 11 rings (SSSR count). The van der Waals surface area contributed by atoms with Gasteiger partial charge in [0.05, 0.1) is 11.0 Å². The van der Waals surface area contributed by atoms with E-state index < -0.39 is 0 Å². The van der Waals surface area contributed by atoms with E-state index in [9.17, 15) is 0 Å². The van der Waals surface area contributed by atoms with Gasteiger partial charge in [-0.1, -0.05) is 119 Å². The zero-order chi connectivity index (χ0) is 39.2. The Morgan fingerprint density at radius 3 is 1.72 bits per heavy atom. The highest BCUT2D eigenvalue weighted by Gasteiger charge is 2.38. The predicted molar refractivity (Wildman–Crippen MR) is 238 cm³/mol. The fourth-order valence-electron chi connectivity index (χ4n) is 9.16. The van der Waals surface area contributed by atoms with Gasteiger partial charge in [-0.2, -0.15) is 0 Å². The second-order valence-electron chi connectivity index (χ2n) is 17.1. The normalized spacial score (nSPS) is 14.7. The van der Waals surface area contributed by atoms with Crippen molar-refractivity contribution < 1.29 is 4.42 Å². The van der Waals surface area contributed by atoms with Gasteiger partial charge in [0.2, 0.25) is 0 Å². The lowest BCUT2D eigenvalue weighted by Crippen LogP contribution is -2.33. The van der Waals surface area contributed by atoms with Gasteiger partial charge in [0.1, 0.15) is 11.2 Å². The third kappa shape index (κ3) is 5.56. The van der Waals surface area contributed by atoms with Crippen LogP contribution in [0.4, 0.5) is 0 Å². The molecule has 0 fully saturated rings. The summed E-state index contributed by atoms with van der Waals surface area (Å²) in [6, 6.07) is 55.7. The van der Waals surface area contributed by atoms with Crippen LogP contribution < -0.4 is 0 Å². The predicted octanol–water partition coefficient (Wildman–Crippen LogP) is 13.9. The Kier molecular flexibility index (Phi) is 7.61. The minimum atomic E-state index is 0.110. The second kappa shape index (κ2) is 12.8. The third-order valence-electron chi connectivity index (χ3n) is 12.5. The van der Waals surface area contributed by atoms with Gasteiger partial charge in [0.15, 0.2) is 17.5 Å². The number of furan rings is 1. The molecular formula is C53H42N4O. The fraction of sp³-hybridized carbons (Fsp3) is 0.151. The summed E-state index contributed by atoms with van der Waals surface area (Å²) >= 11 is 0. The average Bonchev–Trinajstić information content (AvgIpc) is 3.80. The van der Waals surface area contributed by atoms with E-state index in [1.807, 2.05) is 30.3 Å². The van der Waals surface area contributed by atoms with Gasteiger partial charge in [-0.3, -0.25) is 0 Å². The van der Waals surface area contributed by atoms with Crippen LogP contribution in [0.5, 0.6) is 0 Å². The number of benzene rings is 7. The molecule has 0 atom stereocenters. The first-order valence-corrected chi connectivity index (χ1v) is 20.2. The van der Waals surface area contributed by atoms with Gasteiger partial charge in [-0.25, -0.2) is 15.0 Å². The van der Waals surface area contributed by atoms with Crippen molar-refractivity contribution in [3.63, 3.8) is 0 Å². The van der Waals surface area contributed by atoms with Crippen LogP contribution in [0.3, 0.4) is 0 Å². The maximum atomic E-state index is 6.12. The van der Waals surface area contributed by atoms with Crippen molar-refractivity contribution in [2.75, 3.05) is 0 Å². The first-order valence-electron chi connectivity index (χ1n) is 20.2. The molecule has 0 N–H and O–H groups in total. The number of fused-ring (bicyclic) bond motifs is 7. The maximum absolute atomic E-state index is 6.12. The van der Waals surface area contributed by atoms with Crippen LogP contribution >= 0.6 is 0 Å². The van der Waals surface area contributed by atoms with E-state index in [0.29, 0.717) is 17.5 Å². The van der Waals surface area contributed by atoms with E-state index in [1.54, 1.807) is 0 Å². The highest BCUT2D eigenvalue weighted by Crippen LogP contribution is 2.48. The van der Waals surface area contributed by atoms with E-state index in [2.05, 4.69) is 160 Å². The van der Waals surface area contributed by atoms with Crippen LogP contribution in [0.25, 0.3) is 94.7 Å². The number of rotatable bonds is 5. The Bertz CT molecular complexity index is 3220. The summed E-state index contributed by atoms with van der Waals surface area (Å²) < 4.78 is 8.55. The molecule has 10 aromatic rings. The minimum absolute atomic E-state index is 0.110. The van der Waals surface area contributed by atoms with Crippen LogP contribution in [-0.4, -0.2) is 19.5 Å². The van der Waals surface area contributed by atoms with E-state index >= 15 is 0 Å². The summed E-state index contributed by atoms with van der Waals surface area (Å²) in [5.74, 6) is 1.90. The molecular weight excluding hydrogens is 709 g/mol. The smallest absolute Gasteiger partial charge is 0.164 e. The van der Waals surface area contributed by atoms with Gasteiger partial charge in [-0.15, -0.1) is 0 Å². The molecule has 58 heavy (non-hydrogen) atoms. The Morgan fingerprint density at radius 2 is 0.966 bits per heavy atom. The number of hydrogen-bond acceptors (Lipinski definition) is 4. The number of hydrogen-bond donors (Lipinski definition) is 0. The molecule has 7 aromatic carbocycles. The molecule has 5 heteroatoms. The SMILES string of the molecule is CC1(C)CCC(C)(C)c2cc3c(cc21)c1ccccc1n3-c1ccc(-c2nc(-c3ccccc3)nc(-c3cccc(-c4ccc5oc6ccccc6c5c4)c3)n2)cc1. The van der Waals surface area contributed by atoms with Crippen molar-refractivity contribution in [2.45, 2.75) is 51.4 Å². The molecule has 280 valence electrons. The summed E-state index contributed by atoms with van der Waals surface area (Å²) in [7, 11) is 0. The van der Waals surface area contributed by atoms with E-state index in [4.69, 9.17) is 19.4 Å². The Labute approximate surface area is 337 Å². The summed E-state index contributed by atoms with van der Waals surface area (Å²) in [6.07, 6.45) is 2.36. The molecule has 0 bridgehead atoms. The van der Waals surface area contributed by atoms with E-state index in [0.717, 1.165) is 55.4 Å². The molecule has 0 aliphatic heterocycles. The van der Waals surface area contributed by atoms with Gasteiger partial charge >= 0.3 is 0 Å². The van der Waals surface area contributed by atoms with Crippen molar-refractivity contribution in [3.8, 4) is 51.0 Å². The zero-order valence-corrected chi connectivity index (χ0v) is 33.1. The number of aromatic nitrogens is 4. The van der Waals surface area contributed by atoms with Crippen LogP contribution in [-0.2, 0) is 10.8 Å². The molecule has 0 radical (unpaired) electrons. The Morgan fingerprint density at radius 1 is 0.414 bits per heavy atom. The van der Waals surface area contributed by atoms with Crippen molar-refractivity contribution in [2.24, 2.45) is 0 Å². The quantitative estimate of drug-likeness (QED) is 0.176. The molecule has 0 unspecified atom stereocenters. The first-order chi connectivity index (χ1) is 28.2. The standard InChI is InChI=1S/C53H42N4O/c1-52(2)27-28-53(3,4)44-32-46-41(31-43(44)52)39-17-8-10-19-45(39)57(46)38-24-21-34(22-25-38)50-54-49(33-13-6-5-7-14-33)55-51(56-50)37-16-12-15-35(29-37)36-23-26-48-42(30-36)40-18-9-11-20-47(40)58-48/h5-26,29-32H,27-28H2,1-4H3. The molecule has 0 saturated carbocycles. The molecule has 0 spiro atoms. The number of nitrogens with zero attached hydrogens (tertiary/aromatic N) is 4. The average molecular weight is 751 g/mol. The number of para-hydroxylation sites is 2.